The van der Waals surface area contributed by atoms with Crippen molar-refractivity contribution < 1.29 is 19.2 Å². The number of thiocarbonyl (C=S) groups is 1. The van der Waals surface area contributed by atoms with Gasteiger partial charge in [0.15, 0.2) is 6.10 Å². The summed E-state index contributed by atoms with van der Waals surface area (Å²) in [6.07, 6.45) is 1.10. The van der Waals surface area contributed by atoms with Crippen LogP contribution in [0.15, 0.2) is 24.3 Å². The standard InChI is InChI=1S/C16H19N3O5S2/c1-11(15(21)17-12-6-2-3-7-13(12)19(22)23)24-14(20)10-26-16(25)18-8-4-5-9-18/h2-3,6-7,11H,4-5,8-10H2,1H3,(H,17,21)/t11-/m1/s1. The van der Waals surface area contributed by atoms with E-state index in [4.69, 9.17) is 17.0 Å². The summed E-state index contributed by atoms with van der Waals surface area (Å²) in [6, 6.07) is 5.75. The van der Waals surface area contributed by atoms with Crippen LogP contribution in [0.4, 0.5) is 11.4 Å². The van der Waals surface area contributed by atoms with Crippen molar-refractivity contribution in [3.63, 3.8) is 0 Å². The van der Waals surface area contributed by atoms with Crippen LogP contribution in [-0.4, -0.2) is 51.0 Å². The minimum absolute atomic E-state index is 0.0123. The van der Waals surface area contributed by atoms with Gasteiger partial charge in [-0.15, -0.1) is 0 Å². The number of amides is 1. The van der Waals surface area contributed by atoms with E-state index in [1.54, 1.807) is 6.07 Å². The van der Waals surface area contributed by atoms with Crippen LogP contribution in [-0.2, 0) is 14.3 Å². The SMILES string of the molecule is C[C@@H](OC(=O)CSC(=S)N1CCCC1)C(=O)Nc1ccccc1[N+](=O)[O-]. The first kappa shape index (κ1) is 20.1. The summed E-state index contributed by atoms with van der Waals surface area (Å²) >= 11 is 6.47. The van der Waals surface area contributed by atoms with Crippen LogP contribution in [0.5, 0.6) is 0 Å². The Balaban J connectivity index is 1.82. The number of nitro groups is 1. The maximum Gasteiger partial charge on any atom is 0.317 e. The number of nitro benzene ring substituents is 1. The molecule has 1 fully saturated rings. The van der Waals surface area contributed by atoms with Gasteiger partial charge in [0.1, 0.15) is 10.0 Å². The fourth-order valence-corrected chi connectivity index (χ4v) is 3.40. The highest BCUT2D eigenvalue weighted by molar-refractivity contribution is 8.23. The number of ether oxygens (including phenoxy) is 1. The lowest BCUT2D eigenvalue weighted by molar-refractivity contribution is -0.383. The summed E-state index contributed by atoms with van der Waals surface area (Å²) in [5.74, 6) is -1.19. The molecule has 0 spiro atoms. The van der Waals surface area contributed by atoms with Gasteiger partial charge in [0.2, 0.25) is 0 Å². The van der Waals surface area contributed by atoms with E-state index in [1.165, 1.54) is 36.9 Å². The molecule has 0 unspecified atom stereocenters. The summed E-state index contributed by atoms with van der Waals surface area (Å²) in [7, 11) is 0. The fourth-order valence-electron chi connectivity index (χ4n) is 2.37. The van der Waals surface area contributed by atoms with Gasteiger partial charge in [-0.1, -0.05) is 36.1 Å². The van der Waals surface area contributed by atoms with E-state index in [1.807, 2.05) is 4.90 Å². The number of nitrogens with one attached hydrogen (secondary N) is 1. The van der Waals surface area contributed by atoms with E-state index in [0.29, 0.717) is 4.32 Å². The Morgan fingerprint density at radius 1 is 1.38 bits per heavy atom. The van der Waals surface area contributed by atoms with Crippen LogP contribution >= 0.6 is 24.0 Å². The van der Waals surface area contributed by atoms with E-state index in [9.17, 15) is 19.7 Å². The third-order valence-corrected chi connectivity index (χ3v) is 5.21. The summed E-state index contributed by atoms with van der Waals surface area (Å²) in [6.45, 7) is 3.20. The Morgan fingerprint density at radius 2 is 2.04 bits per heavy atom. The zero-order chi connectivity index (χ0) is 19.1. The zero-order valence-corrected chi connectivity index (χ0v) is 15.8. The Bertz CT molecular complexity index is 707. The molecule has 1 atom stereocenters. The summed E-state index contributed by atoms with van der Waals surface area (Å²) in [5, 5.41) is 13.4. The summed E-state index contributed by atoms with van der Waals surface area (Å²) < 4.78 is 5.73. The van der Waals surface area contributed by atoms with Crippen LogP contribution in [0.3, 0.4) is 0 Å². The second-order valence-corrected chi connectivity index (χ2v) is 7.25. The molecule has 1 aliphatic rings. The number of carbonyl (C=O) groups is 2. The molecular weight excluding hydrogens is 378 g/mol. The molecule has 1 heterocycles. The average Bonchev–Trinajstić information content (AvgIpc) is 3.14. The van der Waals surface area contributed by atoms with Gasteiger partial charge in [-0.2, -0.15) is 0 Å². The molecule has 26 heavy (non-hydrogen) atoms. The van der Waals surface area contributed by atoms with E-state index in [0.717, 1.165) is 25.9 Å². The van der Waals surface area contributed by atoms with Gasteiger partial charge in [0.25, 0.3) is 11.6 Å². The maximum absolute atomic E-state index is 12.1. The number of esters is 1. The predicted octanol–water partition coefficient (Wildman–Crippen LogP) is 2.58. The van der Waals surface area contributed by atoms with E-state index in [2.05, 4.69) is 5.32 Å². The number of hydrogen-bond donors (Lipinski definition) is 1. The van der Waals surface area contributed by atoms with Gasteiger partial charge in [-0.3, -0.25) is 19.7 Å². The number of hydrogen-bond acceptors (Lipinski definition) is 7. The van der Waals surface area contributed by atoms with E-state index in [-0.39, 0.29) is 17.1 Å². The van der Waals surface area contributed by atoms with Crippen molar-refractivity contribution in [1.82, 2.24) is 4.90 Å². The van der Waals surface area contributed by atoms with Gasteiger partial charge in [0.05, 0.1) is 10.7 Å². The third kappa shape index (κ3) is 5.67. The Labute approximate surface area is 160 Å². The van der Waals surface area contributed by atoms with Crippen molar-refractivity contribution in [2.45, 2.75) is 25.9 Å². The molecule has 1 saturated heterocycles. The summed E-state index contributed by atoms with van der Waals surface area (Å²) in [5.41, 5.74) is -0.180. The fraction of sp³-hybridized carbons (Fsp3) is 0.438. The number of carbonyl (C=O) groups excluding carboxylic acids is 2. The monoisotopic (exact) mass is 397 g/mol. The van der Waals surface area contributed by atoms with Crippen molar-refractivity contribution in [2.75, 3.05) is 24.2 Å². The number of nitrogens with zero attached hydrogens (tertiary/aromatic N) is 2. The largest absolute Gasteiger partial charge is 0.452 e. The first-order valence-corrected chi connectivity index (χ1v) is 9.43. The molecular formula is C16H19N3O5S2. The first-order valence-electron chi connectivity index (χ1n) is 8.04. The number of benzene rings is 1. The molecule has 2 rings (SSSR count). The normalized spacial score (nSPS) is 14.6. The third-order valence-electron chi connectivity index (χ3n) is 3.71. The zero-order valence-electron chi connectivity index (χ0n) is 14.2. The van der Waals surface area contributed by atoms with Gasteiger partial charge >= 0.3 is 5.97 Å². The van der Waals surface area contributed by atoms with E-state index >= 15 is 0 Å². The maximum atomic E-state index is 12.1. The minimum Gasteiger partial charge on any atom is -0.452 e. The van der Waals surface area contributed by atoms with Gasteiger partial charge < -0.3 is 15.0 Å². The molecule has 1 N–H and O–H groups in total. The molecule has 1 amide bonds. The number of likely N-dealkylation sites (tertiary alicyclic amines) is 1. The lowest BCUT2D eigenvalue weighted by Crippen LogP contribution is -2.31. The highest BCUT2D eigenvalue weighted by atomic mass is 32.2. The molecule has 140 valence electrons. The van der Waals surface area contributed by atoms with Gasteiger partial charge in [-0.25, -0.2) is 0 Å². The minimum atomic E-state index is -1.08. The van der Waals surface area contributed by atoms with Crippen molar-refractivity contribution in [3.05, 3.63) is 34.4 Å². The number of thioether (sulfide) groups is 1. The van der Waals surface area contributed by atoms with Crippen molar-refractivity contribution in [2.24, 2.45) is 0 Å². The van der Waals surface area contributed by atoms with Crippen LogP contribution in [0.2, 0.25) is 0 Å². The van der Waals surface area contributed by atoms with Crippen molar-refractivity contribution in [3.8, 4) is 0 Å². The lowest BCUT2D eigenvalue weighted by atomic mass is 10.2. The van der Waals surface area contributed by atoms with Gasteiger partial charge in [0, 0.05) is 19.2 Å². The quantitative estimate of drug-likeness (QED) is 0.338. The topological polar surface area (TPSA) is 102 Å². The lowest BCUT2D eigenvalue weighted by Gasteiger charge is -2.18. The van der Waals surface area contributed by atoms with Gasteiger partial charge in [-0.05, 0) is 25.8 Å². The molecule has 0 radical (unpaired) electrons. The highest BCUT2D eigenvalue weighted by Gasteiger charge is 2.22. The molecule has 0 bridgehead atoms. The number of para-hydroxylation sites is 2. The number of rotatable bonds is 6. The Morgan fingerprint density at radius 3 is 2.69 bits per heavy atom. The van der Waals surface area contributed by atoms with Crippen LogP contribution in [0, 0.1) is 10.1 Å². The molecule has 8 nitrogen and oxygen atoms in total. The molecule has 1 aromatic rings. The number of anilines is 1. The molecule has 1 aromatic carbocycles. The van der Waals surface area contributed by atoms with Crippen LogP contribution in [0.25, 0.3) is 0 Å². The van der Waals surface area contributed by atoms with Crippen molar-refractivity contribution in [1.29, 1.82) is 0 Å². The molecule has 10 heteroatoms. The Kier molecular flexibility index (Phi) is 7.34. The van der Waals surface area contributed by atoms with Crippen LogP contribution < -0.4 is 5.32 Å². The van der Waals surface area contributed by atoms with Crippen LogP contribution in [0.1, 0.15) is 19.8 Å². The molecule has 1 aliphatic heterocycles. The van der Waals surface area contributed by atoms with E-state index < -0.39 is 22.9 Å². The molecule has 0 saturated carbocycles. The second kappa shape index (κ2) is 9.48. The summed E-state index contributed by atoms with van der Waals surface area (Å²) in [4.78, 5) is 36.4. The average molecular weight is 397 g/mol. The smallest absolute Gasteiger partial charge is 0.317 e. The Hall–Kier alpha value is -2.20. The van der Waals surface area contributed by atoms with Crippen molar-refractivity contribution >= 4 is 51.6 Å². The first-order chi connectivity index (χ1) is 12.4. The molecule has 0 aliphatic carbocycles. The predicted molar refractivity (Wildman–Crippen MR) is 103 cm³/mol. The molecule has 0 aromatic heterocycles. The second-order valence-electron chi connectivity index (χ2n) is 5.64. The highest BCUT2D eigenvalue weighted by Crippen LogP contribution is 2.23.